The summed E-state index contributed by atoms with van der Waals surface area (Å²) in [5.74, 6) is 0.701. The first kappa shape index (κ1) is 25.4. The SMILES string of the molecule is c1ccc(-c2cccc(-c3cccc4c3oc3c5ccccc5c(-c5nc(-c6ccccc6)c6ccccc6n5)cc43)c2)cc1. The van der Waals surface area contributed by atoms with E-state index in [1.165, 1.54) is 11.1 Å². The second kappa shape index (κ2) is 10.3. The van der Waals surface area contributed by atoms with Crippen LogP contribution >= 0.6 is 0 Å². The third-order valence-corrected chi connectivity index (χ3v) is 8.68. The van der Waals surface area contributed by atoms with Gasteiger partial charge in [0, 0.05) is 38.2 Å². The van der Waals surface area contributed by atoms with Crippen molar-refractivity contribution in [2.75, 3.05) is 0 Å². The number of fused-ring (bicyclic) bond motifs is 6. The summed E-state index contributed by atoms with van der Waals surface area (Å²) in [6, 6.07) is 54.8. The van der Waals surface area contributed by atoms with E-state index in [2.05, 4.69) is 133 Å². The quantitative estimate of drug-likeness (QED) is 0.210. The van der Waals surface area contributed by atoms with Gasteiger partial charge in [-0.05, 0) is 40.3 Å². The molecule has 0 atom stereocenters. The number of aromatic nitrogens is 2. The summed E-state index contributed by atoms with van der Waals surface area (Å²) in [6.07, 6.45) is 0. The van der Waals surface area contributed by atoms with Gasteiger partial charge in [-0.1, -0.05) is 140 Å². The molecule has 210 valence electrons. The number of hydrogen-bond donors (Lipinski definition) is 0. The van der Waals surface area contributed by atoms with Gasteiger partial charge in [-0.2, -0.15) is 0 Å². The second-order valence-electron chi connectivity index (χ2n) is 11.4. The van der Waals surface area contributed by atoms with E-state index in [4.69, 9.17) is 14.4 Å². The maximum Gasteiger partial charge on any atom is 0.161 e. The molecular weight excluding hydrogens is 548 g/mol. The molecule has 7 aromatic carbocycles. The van der Waals surface area contributed by atoms with E-state index in [1.54, 1.807) is 0 Å². The van der Waals surface area contributed by atoms with Crippen molar-refractivity contribution in [1.29, 1.82) is 0 Å². The average molecular weight is 575 g/mol. The molecule has 9 rings (SSSR count). The molecule has 0 saturated heterocycles. The topological polar surface area (TPSA) is 38.9 Å². The van der Waals surface area contributed by atoms with Gasteiger partial charge in [0.05, 0.1) is 11.2 Å². The molecule has 0 bridgehead atoms. The third kappa shape index (κ3) is 4.21. The number of furan rings is 1. The number of nitrogens with zero attached hydrogens (tertiary/aromatic N) is 2. The standard InChI is InChI=1S/C42H26N2O/c1-3-13-27(14-4-1)29-17-11-18-30(25-29)31-22-12-23-34-36-26-37(32-19-7-8-20-33(32)41(36)45-40(31)34)42-43-38-24-10-9-21-35(38)39(44-42)28-15-5-2-6-16-28/h1-26H. The van der Waals surface area contributed by atoms with E-state index in [9.17, 15) is 0 Å². The van der Waals surface area contributed by atoms with Crippen molar-refractivity contribution in [1.82, 2.24) is 9.97 Å². The minimum Gasteiger partial charge on any atom is -0.455 e. The first-order valence-electron chi connectivity index (χ1n) is 15.2. The molecule has 0 spiro atoms. The molecule has 0 N–H and O–H groups in total. The molecule has 0 aliphatic carbocycles. The molecule has 0 aliphatic rings. The molecular formula is C42H26N2O. The van der Waals surface area contributed by atoms with Crippen molar-refractivity contribution in [2.24, 2.45) is 0 Å². The zero-order chi connectivity index (χ0) is 29.7. The van der Waals surface area contributed by atoms with Crippen LogP contribution in [0.1, 0.15) is 0 Å². The lowest BCUT2D eigenvalue weighted by atomic mass is 9.96. The molecule has 2 heterocycles. The van der Waals surface area contributed by atoms with Crippen LogP contribution in [0.25, 0.3) is 88.5 Å². The van der Waals surface area contributed by atoms with Crippen LogP contribution in [0.3, 0.4) is 0 Å². The summed E-state index contributed by atoms with van der Waals surface area (Å²) in [5, 5.41) is 5.27. The van der Waals surface area contributed by atoms with E-state index in [-0.39, 0.29) is 0 Å². The van der Waals surface area contributed by atoms with Crippen LogP contribution in [0.2, 0.25) is 0 Å². The van der Waals surface area contributed by atoms with Crippen molar-refractivity contribution >= 4 is 43.6 Å². The Balaban J connectivity index is 1.30. The van der Waals surface area contributed by atoms with E-state index in [0.29, 0.717) is 5.82 Å². The van der Waals surface area contributed by atoms with Gasteiger partial charge in [0.25, 0.3) is 0 Å². The maximum atomic E-state index is 6.81. The van der Waals surface area contributed by atoms with Gasteiger partial charge in [-0.25, -0.2) is 9.97 Å². The van der Waals surface area contributed by atoms with Gasteiger partial charge in [0.15, 0.2) is 5.82 Å². The summed E-state index contributed by atoms with van der Waals surface area (Å²) >= 11 is 0. The van der Waals surface area contributed by atoms with E-state index in [0.717, 1.165) is 71.6 Å². The predicted octanol–water partition coefficient (Wildman–Crippen LogP) is 11.4. The molecule has 2 aromatic heterocycles. The lowest BCUT2D eigenvalue weighted by molar-refractivity contribution is 0.674. The second-order valence-corrected chi connectivity index (χ2v) is 11.4. The summed E-state index contributed by atoms with van der Waals surface area (Å²) in [6.45, 7) is 0. The van der Waals surface area contributed by atoms with Crippen LogP contribution in [0.5, 0.6) is 0 Å². The molecule has 45 heavy (non-hydrogen) atoms. The number of benzene rings is 7. The van der Waals surface area contributed by atoms with Crippen LogP contribution in [-0.4, -0.2) is 9.97 Å². The van der Waals surface area contributed by atoms with E-state index >= 15 is 0 Å². The number of para-hydroxylation sites is 2. The first-order valence-corrected chi connectivity index (χ1v) is 15.2. The zero-order valence-corrected chi connectivity index (χ0v) is 24.3. The zero-order valence-electron chi connectivity index (χ0n) is 24.3. The highest BCUT2D eigenvalue weighted by atomic mass is 16.3. The lowest BCUT2D eigenvalue weighted by Crippen LogP contribution is -1.96. The van der Waals surface area contributed by atoms with Crippen molar-refractivity contribution in [3.05, 3.63) is 158 Å². The summed E-state index contributed by atoms with van der Waals surface area (Å²) in [4.78, 5) is 10.3. The van der Waals surface area contributed by atoms with Gasteiger partial charge in [0.1, 0.15) is 11.2 Å². The number of hydrogen-bond acceptors (Lipinski definition) is 3. The lowest BCUT2D eigenvalue weighted by Gasteiger charge is -2.11. The molecule has 0 unspecified atom stereocenters. The van der Waals surface area contributed by atoms with Crippen LogP contribution in [0, 0.1) is 0 Å². The van der Waals surface area contributed by atoms with Crippen molar-refractivity contribution in [3.63, 3.8) is 0 Å². The Morgan fingerprint density at radius 1 is 0.356 bits per heavy atom. The molecule has 0 saturated carbocycles. The van der Waals surface area contributed by atoms with Gasteiger partial charge < -0.3 is 4.42 Å². The van der Waals surface area contributed by atoms with E-state index < -0.39 is 0 Å². The van der Waals surface area contributed by atoms with Crippen LogP contribution < -0.4 is 0 Å². The summed E-state index contributed by atoms with van der Waals surface area (Å²) in [5.41, 5.74) is 10.2. The Labute approximate surface area is 260 Å². The Kier molecular flexibility index (Phi) is 5.82. The molecule has 9 aromatic rings. The average Bonchev–Trinajstić information content (AvgIpc) is 3.51. The largest absolute Gasteiger partial charge is 0.455 e. The molecule has 0 amide bonds. The summed E-state index contributed by atoms with van der Waals surface area (Å²) in [7, 11) is 0. The van der Waals surface area contributed by atoms with Crippen LogP contribution in [0.15, 0.2) is 162 Å². The van der Waals surface area contributed by atoms with Gasteiger partial charge in [-0.3, -0.25) is 0 Å². The van der Waals surface area contributed by atoms with Crippen molar-refractivity contribution < 1.29 is 4.42 Å². The molecule has 3 nitrogen and oxygen atoms in total. The third-order valence-electron chi connectivity index (χ3n) is 8.68. The van der Waals surface area contributed by atoms with Crippen LogP contribution in [-0.2, 0) is 0 Å². The summed E-state index contributed by atoms with van der Waals surface area (Å²) < 4.78 is 6.81. The fourth-order valence-electron chi connectivity index (χ4n) is 6.54. The monoisotopic (exact) mass is 574 g/mol. The Hall–Kier alpha value is -6.06. The van der Waals surface area contributed by atoms with Crippen molar-refractivity contribution in [3.8, 4) is 44.9 Å². The molecule has 0 radical (unpaired) electrons. The minimum absolute atomic E-state index is 0.701. The Bertz CT molecular complexity index is 2530. The minimum atomic E-state index is 0.701. The van der Waals surface area contributed by atoms with Gasteiger partial charge >= 0.3 is 0 Å². The molecule has 0 fully saturated rings. The predicted molar refractivity (Wildman–Crippen MR) is 186 cm³/mol. The van der Waals surface area contributed by atoms with E-state index in [1.807, 2.05) is 24.3 Å². The highest BCUT2D eigenvalue weighted by Crippen LogP contribution is 2.43. The fourth-order valence-corrected chi connectivity index (χ4v) is 6.54. The first-order chi connectivity index (χ1) is 22.3. The normalized spacial score (nSPS) is 11.6. The molecule has 0 aliphatic heterocycles. The van der Waals surface area contributed by atoms with Gasteiger partial charge in [-0.15, -0.1) is 0 Å². The fraction of sp³-hybridized carbons (Fsp3) is 0. The van der Waals surface area contributed by atoms with Crippen LogP contribution in [0.4, 0.5) is 0 Å². The van der Waals surface area contributed by atoms with Crippen molar-refractivity contribution in [2.45, 2.75) is 0 Å². The maximum absolute atomic E-state index is 6.81. The highest BCUT2D eigenvalue weighted by molar-refractivity contribution is 6.20. The number of rotatable bonds is 4. The van der Waals surface area contributed by atoms with Gasteiger partial charge in [0.2, 0.25) is 0 Å². The smallest absolute Gasteiger partial charge is 0.161 e. The Morgan fingerprint density at radius 2 is 0.956 bits per heavy atom. The highest BCUT2D eigenvalue weighted by Gasteiger charge is 2.20. The Morgan fingerprint density at radius 3 is 1.78 bits per heavy atom. The molecule has 3 heteroatoms.